The summed E-state index contributed by atoms with van der Waals surface area (Å²) in [6, 6.07) is 14.9. The zero-order valence-electron chi connectivity index (χ0n) is 11.4. The number of hydrogen-bond acceptors (Lipinski definition) is 4. The van der Waals surface area contributed by atoms with E-state index in [-0.39, 0.29) is 5.75 Å². The van der Waals surface area contributed by atoms with Gasteiger partial charge in [0.05, 0.1) is 13.2 Å². The fraction of sp³-hybridized carbons (Fsp3) is 0.250. The van der Waals surface area contributed by atoms with E-state index in [1.807, 2.05) is 43.3 Å². The van der Waals surface area contributed by atoms with Gasteiger partial charge in [0.15, 0.2) is 11.5 Å². The van der Waals surface area contributed by atoms with Crippen LogP contribution in [0.25, 0.3) is 0 Å². The molecule has 1 N–H and O–H groups in total. The summed E-state index contributed by atoms with van der Waals surface area (Å²) in [5.41, 5.74) is 0. The maximum Gasteiger partial charge on any atom is 0.161 e. The molecule has 0 aliphatic carbocycles. The van der Waals surface area contributed by atoms with Crippen LogP contribution in [0.5, 0.6) is 17.2 Å². The van der Waals surface area contributed by atoms with Crippen LogP contribution in [-0.4, -0.2) is 24.1 Å². The van der Waals surface area contributed by atoms with Gasteiger partial charge in [-0.25, -0.2) is 0 Å². The molecule has 0 spiro atoms. The molecule has 2 aromatic carbocycles. The maximum atomic E-state index is 9.21. The van der Waals surface area contributed by atoms with E-state index in [1.165, 1.54) is 0 Å². The molecule has 0 unspecified atom stereocenters. The fourth-order valence-corrected chi connectivity index (χ4v) is 2.43. The zero-order valence-corrected chi connectivity index (χ0v) is 12.2. The number of rotatable bonds is 7. The molecule has 20 heavy (non-hydrogen) atoms. The van der Waals surface area contributed by atoms with E-state index in [4.69, 9.17) is 9.47 Å². The van der Waals surface area contributed by atoms with Crippen LogP contribution in [-0.2, 0) is 0 Å². The molecule has 0 aliphatic rings. The van der Waals surface area contributed by atoms with E-state index in [1.54, 1.807) is 23.9 Å². The normalized spacial score (nSPS) is 10.2. The highest BCUT2D eigenvalue weighted by atomic mass is 32.2. The molecular weight excluding hydrogens is 272 g/mol. The van der Waals surface area contributed by atoms with Crippen LogP contribution in [0, 0.1) is 0 Å². The molecule has 0 atom stereocenters. The number of ether oxygens (including phenoxy) is 2. The Morgan fingerprint density at radius 3 is 2.25 bits per heavy atom. The quantitative estimate of drug-likeness (QED) is 0.619. The molecule has 3 nitrogen and oxygen atoms in total. The third-order valence-electron chi connectivity index (χ3n) is 2.60. The van der Waals surface area contributed by atoms with Gasteiger partial charge in [0.25, 0.3) is 0 Å². The van der Waals surface area contributed by atoms with Crippen molar-refractivity contribution in [1.29, 1.82) is 0 Å². The first-order chi connectivity index (χ1) is 9.79. The summed E-state index contributed by atoms with van der Waals surface area (Å²) in [7, 11) is 0. The molecule has 2 rings (SSSR count). The van der Waals surface area contributed by atoms with Gasteiger partial charge in [-0.15, -0.1) is 11.8 Å². The van der Waals surface area contributed by atoms with Gasteiger partial charge in [0.1, 0.15) is 5.75 Å². The Morgan fingerprint density at radius 2 is 1.60 bits per heavy atom. The van der Waals surface area contributed by atoms with Crippen molar-refractivity contribution in [3.8, 4) is 17.2 Å². The Morgan fingerprint density at radius 1 is 0.950 bits per heavy atom. The maximum absolute atomic E-state index is 9.21. The third-order valence-corrected chi connectivity index (χ3v) is 3.57. The van der Waals surface area contributed by atoms with Crippen molar-refractivity contribution in [2.75, 3.05) is 19.0 Å². The second kappa shape index (κ2) is 7.70. The second-order valence-electron chi connectivity index (χ2n) is 4.07. The average molecular weight is 290 g/mol. The van der Waals surface area contributed by atoms with Gasteiger partial charge in [-0.05, 0) is 43.3 Å². The molecule has 106 valence electrons. The van der Waals surface area contributed by atoms with E-state index in [9.17, 15) is 5.11 Å². The van der Waals surface area contributed by atoms with Crippen molar-refractivity contribution >= 4 is 11.8 Å². The monoisotopic (exact) mass is 290 g/mol. The van der Waals surface area contributed by atoms with Crippen LogP contribution in [0.2, 0.25) is 0 Å². The molecule has 0 saturated carbocycles. The SMILES string of the molecule is CCOc1ccccc1OCCSc1ccc(O)cc1. The summed E-state index contributed by atoms with van der Waals surface area (Å²) in [4.78, 5) is 1.12. The van der Waals surface area contributed by atoms with Gasteiger partial charge < -0.3 is 14.6 Å². The predicted octanol–water partition coefficient (Wildman–Crippen LogP) is 3.96. The summed E-state index contributed by atoms with van der Waals surface area (Å²) < 4.78 is 11.2. The smallest absolute Gasteiger partial charge is 0.161 e. The van der Waals surface area contributed by atoms with E-state index in [0.717, 1.165) is 22.1 Å². The number of benzene rings is 2. The van der Waals surface area contributed by atoms with Gasteiger partial charge in [-0.1, -0.05) is 12.1 Å². The summed E-state index contributed by atoms with van der Waals surface area (Å²) in [6.07, 6.45) is 0. The lowest BCUT2D eigenvalue weighted by molar-refractivity contribution is 0.289. The first-order valence-electron chi connectivity index (χ1n) is 6.56. The number of aromatic hydroxyl groups is 1. The van der Waals surface area contributed by atoms with Crippen molar-refractivity contribution < 1.29 is 14.6 Å². The predicted molar refractivity (Wildman–Crippen MR) is 81.9 cm³/mol. The summed E-state index contributed by atoms with van der Waals surface area (Å²) in [5, 5.41) is 9.21. The Bertz CT molecular complexity index is 526. The van der Waals surface area contributed by atoms with Gasteiger partial charge in [0.2, 0.25) is 0 Å². The van der Waals surface area contributed by atoms with Crippen LogP contribution < -0.4 is 9.47 Å². The Hall–Kier alpha value is -1.81. The fourth-order valence-electron chi connectivity index (χ4n) is 1.70. The van der Waals surface area contributed by atoms with Gasteiger partial charge in [0, 0.05) is 10.6 Å². The second-order valence-corrected chi connectivity index (χ2v) is 5.24. The van der Waals surface area contributed by atoms with Crippen molar-refractivity contribution in [3.63, 3.8) is 0 Å². The lowest BCUT2D eigenvalue weighted by atomic mass is 10.3. The highest BCUT2D eigenvalue weighted by Crippen LogP contribution is 2.27. The molecule has 0 heterocycles. The van der Waals surface area contributed by atoms with Crippen molar-refractivity contribution in [2.45, 2.75) is 11.8 Å². The van der Waals surface area contributed by atoms with Crippen LogP contribution in [0.4, 0.5) is 0 Å². The molecule has 0 amide bonds. The van der Waals surface area contributed by atoms with Crippen molar-refractivity contribution in [3.05, 3.63) is 48.5 Å². The van der Waals surface area contributed by atoms with E-state index < -0.39 is 0 Å². The minimum atomic E-state index is 0.288. The van der Waals surface area contributed by atoms with Gasteiger partial charge in [-0.3, -0.25) is 0 Å². The van der Waals surface area contributed by atoms with Crippen LogP contribution in [0.3, 0.4) is 0 Å². The summed E-state index contributed by atoms with van der Waals surface area (Å²) >= 11 is 1.69. The van der Waals surface area contributed by atoms with Crippen molar-refractivity contribution in [1.82, 2.24) is 0 Å². The Balaban J connectivity index is 1.79. The molecule has 0 saturated heterocycles. The molecule has 0 fully saturated rings. The van der Waals surface area contributed by atoms with Crippen molar-refractivity contribution in [2.24, 2.45) is 0 Å². The molecule has 0 bridgehead atoms. The summed E-state index contributed by atoms with van der Waals surface area (Å²) in [5.74, 6) is 2.69. The lowest BCUT2D eigenvalue weighted by Gasteiger charge is -2.11. The van der Waals surface area contributed by atoms with Crippen LogP contribution in [0.1, 0.15) is 6.92 Å². The summed E-state index contributed by atoms with van der Waals surface area (Å²) in [6.45, 7) is 3.19. The molecule has 0 aromatic heterocycles. The molecule has 0 aliphatic heterocycles. The van der Waals surface area contributed by atoms with E-state index in [2.05, 4.69) is 0 Å². The van der Waals surface area contributed by atoms with E-state index >= 15 is 0 Å². The minimum Gasteiger partial charge on any atom is -0.508 e. The third kappa shape index (κ3) is 4.38. The van der Waals surface area contributed by atoms with Crippen LogP contribution >= 0.6 is 11.8 Å². The molecule has 2 aromatic rings. The Kier molecular flexibility index (Phi) is 5.62. The first-order valence-corrected chi connectivity index (χ1v) is 7.54. The first kappa shape index (κ1) is 14.6. The topological polar surface area (TPSA) is 38.7 Å². The molecule has 0 radical (unpaired) electrons. The Labute approximate surface area is 123 Å². The molecular formula is C16H18O3S. The largest absolute Gasteiger partial charge is 0.508 e. The average Bonchev–Trinajstić information content (AvgIpc) is 2.47. The molecule has 4 heteroatoms. The number of phenols is 1. The zero-order chi connectivity index (χ0) is 14.2. The minimum absolute atomic E-state index is 0.288. The number of para-hydroxylation sites is 2. The lowest BCUT2D eigenvalue weighted by Crippen LogP contribution is -2.02. The standard InChI is InChI=1S/C16H18O3S/c1-2-18-15-5-3-4-6-16(15)19-11-12-20-14-9-7-13(17)8-10-14/h3-10,17H,2,11-12H2,1H3. The van der Waals surface area contributed by atoms with Gasteiger partial charge >= 0.3 is 0 Å². The van der Waals surface area contributed by atoms with Gasteiger partial charge in [-0.2, -0.15) is 0 Å². The number of phenolic OH excluding ortho intramolecular Hbond substituents is 1. The van der Waals surface area contributed by atoms with Crippen LogP contribution in [0.15, 0.2) is 53.4 Å². The highest BCUT2D eigenvalue weighted by molar-refractivity contribution is 7.99. The van der Waals surface area contributed by atoms with E-state index in [0.29, 0.717) is 13.2 Å². The number of thioether (sulfide) groups is 1. The highest BCUT2D eigenvalue weighted by Gasteiger charge is 2.03. The number of hydrogen-bond donors (Lipinski definition) is 1.